The lowest BCUT2D eigenvalue weighted by atomic mass is 10.1. The standard InChI is InChI=1S/C19H24N4O3/c1-10(2)23-18-16(9-21-23)15(19(25)20-8-11(3)24)7-17(22-18)14-6-12(4)26-13(14)5/h6-7,9-11,24H,8H2,1-5H3,(H,20,25). The quantitative estimate of drug-likeness (QED) is 0.733. The van der Waals surface area contributed by atoms with Gasteiger partial charge in [-0.2, -0.15) is 5.10 Å². The van der Waals surface area contributed by atoms with Gasteiger partial charge in [0, 0.05) is 18.2 Å². The van der Waals surface area contributed by atoms with Crippen LogP contribution in [0.2, 0.25) is 0 Å². The molecule has 0 saturated carbocycles. The maximum Gasteiger partial charge on any atom is 0.252 e. The predicted octanol–water partition coefficient (Wildman–Crippen LogP) is 3.00. The van der Waals surface area contributed by atoms with E-state index in [0.29, 0.717) is 22.3 Å². The van der Waals surface area contributed by atoms with Crippen LogP contribution in [0.1, 0.15) is 48.7 Å². The van der Waals surface area contributed by atoms with E-state index >= 15 is 0 Å². The highest BCUT2D eigenvalue weighted by molar-refractivity contribution is 6.06. The van der Waals surface area contributed by atoms with E-state index in [9.17, 15) is 9.90 Å². The summed E-state index contributed by atoms with van der Waals surface area (Å²) in [6, 6.07) is 3.77. The number of furan rings is 1. The van der Waals surface area contributed by atoms with E-state index in [1.807, 2.05) is 33.8 Å². The fourth-order valence-electron chi connectivity index (χ4n) is 2.94. The molecule has 0 aliphatic rings. The fraction of sp³-hybridized carbons (Fsp3) is 0.421. The first-order valence-corrected chi connectivity index (χ1v) is 8.70. The van der Waals surface area contributed by atoms with Crippen LogP contribution in [0.15, 0.2) is 22.7 Å². The van der Waals surface area contributed by atoms with Gasteiger partial charge in [-0.1, -0.05) is 0 Å². The largest absolute Gasteiger partial charge is 0.466 e. The molecule has 26 heavy (non-hydrogen) atoms. The molecule has 1 atom stereocenters. The Morgan fingerprint density at radius 1 is 1.31 bits per heavy atom. The van der Waals surface area contributed by atoms with Crippen molar-refractivity contribution in [2.24, 2.45) is 0 Å². The molecule has 7 nitrogen and oxygen atoms in total. The number of nitrogens with zero attached hydrogens (tertiary/aromatic N) is 3. The summed E-state index contributed by atoms with van der Waals surface area (Å²) in [6.45, 7) is 9.59. The number of carbonyl (C=O) groups is 1. The number of hydrogen-bond acceptors (Lipinski definition) is 5. The Morgan fingerprint density at radius 3 is 2.62 bits per heavy atom. The molecule has 1 unspecified atom stereocenters. The van der Waals surface area contributed by atoms with Crippen molar-refractivity contribution in [3.8, 4) is 11.3 Å². The average molecular weight is 356 g/mol. The number of nitrogens with one attached hydrogen (secondary N) is 1. The first-order valence-electron chi connectivity index (χ1n) is 8.70. The highest BCUT2D eigenvalue weighted by Crippen LogP contribution is 2.30. The zero-order valence-corrected chi connectivity index (χ0v) is 15.7. The second-order valence-electron chi connectivity index (χ2n) is 6.86. The smallest absolute Gasteiger partial charge is 0.252 e. The number of aryl methyl sites for hydroxylation is 2. The molecular weight excluding hydrogens is 332 g/mol. The number of aromatic nitrogens is 3. The summed E-state index contributed by atoms with van der Waals surface area (Å²) >= 11 is 0. The maximum absolute atomic E-state index is 12.7. The van der Waals surface area contributed by atoms with E-state index in [1.54, 1.807) is 23.9 Å². The van der Waals surface area contributed by atoms with E-state index in [-0.39, 0.29) is 18.5 Å². The molecule has 0 saturated heterocycles. The van der Waals surface area contributed by atoms with Gasteiger partial charge in [-0.15, -0.1) is 0 Å². The second kappa shape index (κ2) is 6.92. The van der Waals surface area contributed by atoms with Crippen LogP contribution in [0.5, 0.6) is 0 Å². The summed E-state index contributed by atoms with van der Waals surface area (Å²) in [7, 11) is 0. The minimum absolute atomic E-state index is 0.107. The zero-order chi connectivity index (χ0) is 19.0. The van der Waals surface area contributed by atoms with E-state index in [1.165, 1.54) is 0 Å². The van der Waals surface area contributed by atoms with Gasteiger partial charge < -0.3 is 14.8 Å². The Balaban J connectivity index is 2.18. The van der Waals surface area contributed by atoms with Crippen LogP contribution in [0.25, 0.3) is 22.3 Å². The Labute approximate surface area is 152 Å². The molecule has 1 amide bonds. The van der Waals surface area contributed by atoms with Crippen molar-refractivity contribution in [3.63, 3.8) is 0 Å². The molecule has 138 valence electrons. The molecule has 0 aromatic carbocycles. The number of aliphatic hydroxyl groups excluding tert-OH is 1. The molecule has 0 aliphatic heterocycles. The van der Waals surface area contributed by atoms with Crippen molar-refractivity contribution in [1.29, 1.82) is 0 Å². The van der Waals surface area contributed by atoms with Crippen LogP contribution < -0.4 is 5.32 Å². The first kappa shape index (κ1) is 18.1. The average Bonchev–Trinajstić information content (AvgIpc) is 3.14. The van der Waals surface area contributed by atoms with Crippen molar-refractivity contribution in [2.75, 3.05) is 6.54 Å². The Hall–Kier alpha value is -2.67. The van der Waals surface area contributed by atoms with Crippen molar-refractivity contribution in [1.82, 2.24) is 20.1 Å². The number of hydrogen-bond donors (Lipinski definition) is 2. The molecule has 7 heteroatoms. The first-order chi connectivity index (χ1) is 12.3. The molecule has 2 N–H and O–H groups in total. The van der Waals surface area contributed by atoms with Crippen LogP contribution in [-0.4, -0.2) is 38.4 Å². The molecule has 3 aromatic rings. The van der Waals surface area contributed by atoms with Gasteiger partial charge in [-0.25, -0.2) is 9.67 Å². The van der Waals surface area contributed by atoms with Gasteiger partial charge in [0.25, 0.3) is 5.91 Å². The molecule has 0 fully saturated rings. The van der Waals surface area contributed by atoms with E-state index < -0.39 is 6.10 Å². The summed E-state index contributed by atoms with van der Waals surface area (Å²) < 4.78 is 7.42. The van der Waals surface area contributed by atoms with Crippen molar-refractivity contribution in [2.45, 2.75) is 46.8 Å². The molecular formula is C19H24N4O3. The van der Waals surface area contributed by atoms with Gasteiger partial charge in [0.05, 0.1) is 28.9 Å². The molecule has 0 spiro atoms. The summed E-state index contributed by atoms with van der Waals surface area (Å²) in [5.41, 5.74) is 2.65. The SMILES string of the molecule is Cc1cc(-c2cc(C(=O)NCC(C)O)c3cnn(C(C)C)c3n2)c(C)o1. The van der Waals surface area contributed by atoms with E-state index in [0.717, 1.165) is 17.1 Å². The predicted molar refractivity (Wildman–Crippen MR) is 99.1 cm³/mol. The monoisotopic (exact) mass is 356 g/mol. The molecule has 3 aromatic heterocycles. The van der Waals surface area contributed by atoms with Crippen LogP contribution in [0.4, 0.5) is 0 Å². The van der Waals surface area contributed by atoms with Gasteiger partial charge in [-0.3, -0.25) is 4.79 Å². The summed E-state index contributed by atoms with van der Waals surface area (Å²) in [5, 5.41) is 17.3. The van der Waals surface area contributed by atoms with E-state index in [4.69, 9.17) is 9.40 Å². The second-order valence-corrected chi connectivity index (χ2v) is 6.86. The van der Waals surface area contributed by atoms with Gasteiger partial charge in [0.15, 0.2) is 5.65 Å². The van der Waals surface area contributed by atoms with Crippen LogP contribution >= 0.6 is 0 Å². The lowest BCUT2D eigenvalue weighted by Crippen LogP contribution is -2.30. The van der Waals surface area contributed by atoms with Crippen LogP contribution in [0.3, 0.4) is 0 Å². The molecule has 0 aliphatic carbocycles. The fourth-order valence-corrected chi connectivity index (χ4v) is 2.94. The maximum atomic E-state index is 12.7. The minimum Gasteiger partial charge on any atom is -0.466 e. The Morgan fingerprint density at radius 2 is 2.04 bits per heavy atom. The Kier molecular flexibility index (Phi) is 4.82. The highest BCUT2D eigenvalue weighted by atomic mass is 16.3. The van der Waals surface area contributed by atoms with Crippen molar-refractivity contribution >= 4 is 16.9 Å². The molecule has 0 radical (unpaired) electrons. The lowest BCUT2D eigenvalue weighted by molar-refractivity contribution is 0.0925. The number of carbonyl (C=O) groups excluding carboxylic acids is 1. The Bertz CT molecular complexity index is 953. The normalized spacial score (nSPS) is 12.7. The molecule has 0 bridgehead atoms. The number of pyridine rings is 1. The third-order valence-electron chi connectivity index (χ3n) is 4.18. The highest BCUT2D eigenvalue weighted by Gasteiger charge is 2.20. The van der Waals surface area contributed by atoms with Gasteiger partial charge in [-0.05, 0) is 46.8 Å². The van der Waals surface area contributed by atoms with Crippen LogP contribution in [0, 0.1) is 13.8 Å². The van der Waals surface area contributed by atoms with Gasteiger partial charge >= 0.3 is 0 Å². The number of fused-ring (bicyclic) bond motifs is 1. The van der Waals surface area contributed by atoms with Gasteiger partial charge in [0.2, 0.25) is 0 Å². The summed E-state index contributed by atoms with van der Waals surface area (Å²) in [4.78, 5) is 17.5. The van der Waals surface area contributed by atoms with Crippen LogP contribution in [-0.2, 0) is 0 Å². The summed E-state index contributed by atoms with van der Waals surface area (Å²) in [6.07, 6.45) is 1.05. The van der Waals surface area contributed by atoms with Gasteiger partial charge in [0.1, 0.15) is 11.5 Å². The lowest BCUT2D eigenvalue weighted by Gasteiger charge is -2.11. The number of rotatable bonds is 5. The molecule has 3 heterocycles. The van der Waals surface area contributed by atoms with Crippen molar-refractivity contribution < 1.29 is 14.3 Å². The number of aliphatic hydroxyl groups is 1. The molecule has 3 rings (SSSR count). The zero-order valence-electron chi connectivity index (χ0n) is 15.7. The topological polar surface area (TPSA) is 93.2 Å². The minimum atomic E-state index is -0.618. The third-order valence-corrected chi connectivity index (χ3v) is 4.18. The van der Waals surface area contributed by atoms with E-state index in [2.05, 4.69) is 10.4 Å². The number of amides is 1. The third kappa shape index (κ3) is 3.35. The summed E-state index contributed by atoms with van der Waals surface area (Å²) in [5.74, 6) is 1.28. The van der Waals surface area contributed by atoms with Crippen molar-refractivity contribution in [3.05, 3.63) is 35.4 Å².